The minimum atomic E-state index is -0.253. The van der Waals surface area contributed by atoms with Gasteiger partial charge in [0.1, 0.15) is 5.75 Å². The van der Waals surface area contributed by atoms with E-state index in [1.807, 2.05) is 42.5 Å². The molecule has 2 heterocycles. The van der Waals surface area contributed by atoms with Gasteiger partial charge >= 0.3 is 0 Å². The van der Waals surface area contributed by atoms with Gasteiger partial charge in [-0.05, 0) is 42.0 Å². The molecule has 2 aliphatic heterocycles. The predicted octanol–water partition coefficient (Wildman–Crippen LogP) is 4.65. The second-order valence-corrected chi connectivity index (χ2v) is 8.41. The van der Waals surface area contributed by atoms with Crippen LogP contribution in [0.5, 0.6) is 5.75 Å². The summed E-state index contributed by atoms with van der Waals surface area (Å²) in [5.74, 6) is 0.221. The van der Waals surface area contributed by atoms with Gasteiger partial charge in [0.2, 0.25) is 0 Å². The molecular weight excluding hydrogens is 434 g/mol. The number of thioether (sulfide) groups is 1. The van der Waals surface area contributed by atoms with Crippen LogP contribution in [0.3, 0.4) is 0 Å². The molecule has 1 N–H and O–H groups in total. The molecule has 0 fully saturated rings. The van der Waals surface area contributed by atoms with Crippen LogP contribution in [0.15, 0.2) is 89.3 Å². The molecule has 0 aliphatic carbocycles. The topological polar surface area (TPSA) is 71.0 Å². The average Bonchev–Trinajstić information content (AvgIpc) is 3.48. The molecule has 2 aliphatic rings. The Kier molecular flexibility index (Phi) is 5.95. The van der Waals surface area contributed by atoms with Crippen molar-refractivity contribution >= 4 is 40.0 Å². The maximum atomic E-state index is 12.5. The second kappa shape index (κ2) is 9.34. The Morgan fingerprint density at radius 3 is 2.42 bits per heavy atom. The lowest BCUT2D eigenvalue weighted by molar-refractivity contribution is -0.118. The van der Waals surface area contributed by atoms with Gasteiger partial charge in [0.05, 0.1) is 12.2 Å². The zero-order chi connectivity index (χ0) is 22.6. The van der Waals surface area contributed by atoms with Gasteiger partial charge in [-0.25, -0.2) is 0 Å². The van der Waals surface area contributed by atoms with Crippen molar-refractivity contribution in [2.24, 2.45) is 4.99 Å². The SMILES string of the molecule is O=C(COc1ccc(C(=O)c2ccccc2)cc1)Nc1ccc(C2=CSC3=NCCN23)cc1. The van der Waals surface area contributed by atoms with Gasteiger partial charge in [-0.3, -0.25) is 14.6 Å². The highest BCUT2D eigenvalue weighted by molar-refractivity contribution is 8.16. The van der Waals surface area contributed by atoms with E-state index >= 15 is 0 Å². The van der Waals surface area contributed by atoms with Crippen molar-refractivity contribution < 1.29 is 14.3 Å². The number of nitrogens with one attached hydrogen (secondary N) is 1. The molecule has 0 radical (unpaired) electrons. The average molecular weight is 456 g/mol. The molecule has 3 aromatic rings. The van der Waals surface area contributed by atoms with Gasteiger partial charge < -0.3 is 15.0 Å². The summed E-state index contributed by atoms with van der Waals surface area (Å²) in [4.78, 5) is 31.5. The van der Waals surface area contributed by atoms with Gasteiger partial charge in [0.25, 0.3) is 5.91 Å². The highest BCUT2D eigenvalue weighted by Crippen LogP contribution is 2.35. The lowest BCUT2D eigenvalue weighted by Crippen LogP contribution is -2.21. The maximum absolute atomic E-state index is 12.5. The zero-order valence-corrected chi connectivity index (χ0v) is 18.5. The molecular formula is C26H21N3O3S. The fourth-order valence-electron chi connectivity index (χ4n) is 3.68. The van der Waals surface area contributed by atoms with Crippen LogP contribution in [0.25, 0.3) is 5.70 Å². The van der Waals surface area contributed by atoms with E-state index in [9.17, 15) is 9.59 Å². The normalized spacial score (nSPS) is 14.4. The Morgan fingerprint density at radius 1 is 0.939 bits per heavy atom. The maximum Gasteiger partial charge on any atom is 0.262 e. The molecule has 0 aromatic heterocycles. The molecule has 0 atom stereocenters. The van der Waals surface area contributed by atoms with Crippen LogP contribution in [0, 0.1) is 0 Å². The summed E-state index contributed by atoms with van der Waals surface area (Å²) < 4.78 is 5.58. The third-order valence-corrected chi connectivity index (χ3v) is 6.26. The fraction of sp³-hybridized carbons (Fsp3) is 0.115. The molecule has 6 nitrogen and oxygen atoms in total. The van der Waals surface area contributed by atoms with E-state index in [-0.39, 0.29) is 18.3 Å². The monoisotopic (exact) mass is 455 g/mol. The van der Waals surface area contributed by atoms with Crippen molar-refractivity contribution in [3.05, 3.63) is 101 Å². The van der Waals surface area contributed by atoms with Crippen molar-refractivity contribution in [2.45, 2.75) is 0 Å². The van der Waals surface area contributed by atoms with E-state index in [1.54, 1.807) is 48.2 Å². The van der Waals surface area contributed by atoms with Crippen molar-refractivity contribution in [1.82, 2.24) is 4.90 Å². The summed E-state index contributed by atoms with van der Waals surface area (Å²) in [6, 6.07) is 23.7. The molecule has 0 bridgehead atoms. The lowest BCUT2D eigenvalue weighted by atomic mass is 10.0. The zero-order valence-electron chi connectivity index (χ0n) is 17.7. The molecule has 0 saturated carbocycles. The van der Waals surface area contributed by atoms with Gasteiger partial charge in [0, 0.05) is 28.8 Å². The highest BCUT2D eigenvalue weighted by Gasteiger charge is 2.26. The summed E-state index contributed by atoms with van der Waals surface area (Å²) in [5.41, 5.74) is 4.15. The fourth-order valence-corrected chi connectivity index (χ4v) is 4.64. The molecule has 0 unspecified atom stereocenters. The summed E-state index contributed by atoms with van der Waals surface area (Å²) in [6.07, 6.45) is 0. The Hall–Kier alpha value is -3.84. The Bertz CT molecular complexity index is 1240. The molecule has 0 saturated heterocycles. The van der Waals surface area contributed by atoms with Crippen LogP contribution in [-0.4, -0.2) is 41.5 Å². The highest BCUT2D eigenvalue weighted by atomic mass is 32.2. The quantitative estimate of drug-likeness (QED) is 0.525. The van der Waals surface area contributed by atoms with Gasteiger partial charge in [0.15, 0.2) is 17.6 Å². The molecule has 7 heteroatoms. The third-order valence-electron chi connectivity index (χ3n) is 5.36. The first-order chi connectivity index (χ1) is 16.2. The van der Waals surface area contributed by atoms with Crippen LogP contribution in [0.1, 0.15) is 21.5 Å². The lowest BCUT2D eigenvalue weighted by Gasteiger charge is -2.17. The molecule has 1 amide bonds. The Morgan fingerprint density at radius 2 is 1.67 bits per heavy atom. The summed E-state index contributed by atoms with van der Waals surface area (Å²) in [5, 5.41) is 6.01. The number of nitrogens with zero attached hydrogens (tertiary/aromatic N) is 2. The van der Waals surface area contributed by atoms with Crippen molar-refractivity contribution in [2.75, 3.05) is 25.0 Å². The summed E-state index contributed by atoms with van der Waals surface area (Å²) >= 11 is 1.65. The van der Waals surface area contributed by atoms with Crippen molar-refractivity contribution in [3.8, 4) is 5.75 Å². The summed E-state index contributed by atoms with van der Waals surface area (Å²) in [6.45, 7) is 1.62. The van der Waals surface area contributed by atoms with Gasteiger partial charge in [-0.1, -0.05) is 54.2 Å². The number of aliphatic imine (C=N–C) groups is 1. The molecule has 5 rings (SSSR count). The first kappa shape index (κ1) is 21.0. The Labute approximate surface area is 196 Å². The number of benzene rings is 3. The van der Waals surface area contributed by atoms with Crippen molar-refractivity contribution in [1.29, 1.82) is 0 Å². The van der Waals surface area contributed by atoms with Crippen LogP contribution in [-0.2, 0) is 4.79 Å². The van der Waals surface area contributed by atoms with E-state index in [2.05, 4.69) is 20.6 Å². The standard InChI is InChI=1S/C26H21N3O3S/c30-24(16-32-22-12-8-20(9-13-22)25(31)19-4-2-1-3-5-19)28-21-10-6-18(7-11-21)23-17-33-26-27-14-15-29(23)26/h1-13,17H,14-16H2,(H,28,30). The number of hydrogen-bond donors (Lipinski definition) is 1. The minimum absolute atomic E-state index is 0.0523. The number of ketones is 1. The van der Waals surface area contributed by atoms with Crippen LogP contribution >= 0.6 is 11.8 Å². The van der Waals surface area contributed by atoms with E-state index in [0.29, 0.717) is 22.6 Å². The number of carbonyl (C=O) groups excluding carboxylic acids is 2. The van der Waals surface area contributed by atoms with E-state index in [1.165, 1.54) is 0 Å². The molecule has 3 aromatic carbocycles. The van der Waals surface area contributed by atoms with Crippen LogP contribution in [0.2, 0.25) is 0 Å². The second-order valence-electron chi connectivity index (χ2n) is 7.57. The number of hydrogen-bond acceptors (Lipinski definition) is 6. The van der Waals surface area contributed by atoms with Crippen molar-refractivity contribution in [3.63, 3.8) is 0 Å². The number of amidine groups is 1. The van der Waals surface area contributed by atoms with Gasteiger partial charge in [-0.15, -0.1) is 0 Å². The number of anilines is 1. The van der Waals surface area contributed by atoms with Crippen LogP contribution < -0.4 is 10.1 Å². The van der Waals surface area contributed by atoms with E-state index < -0.39 is 0 Å². The third kappa shape index (κ3) is 4.68. The number of rotatable bonds is 7. The Balaban J connectivity index is 1.13. The smallest absolute Gasteiger partial charge is 0.262 e. The van der Waals surface area contributed by atoms with Gasteiger partial charge in [-0.2, -0.15) is 0 Å². The largest absolute Gasteiger partial charge is 0.484 e. The van der Waals surface area contributed by atoms with Crippen LogP contribution in [0.4, 0.5) is 5.69 Å². The summed E-state index contributed by atoms with van der Waals surface area (Å²) in [7, 11) is 0. The first-order valence-electron chi connectivity index (χ1n) is 10.6. The van der Waals surface area contributed by atoms with E-state index in [4.69, 9.17) is 4.74 Å². The number of fused-ring (bicyclic) bond motifs is 1. The number of carbonyl (C=O) groups is 2. The molecule has 0 spiro atoms. The molecule has 33 heavy (non-hydrogen) atoms. The minimum Gasteiger partial charge on any atom is -0.484 e. The van der Waals surface area contributed by atoms with E-state index in [0.717, 1.165) is 29.5 Å². The number of amides is 1. The predicted molar refractivity (Wildman–Crippen MR) is 131 cm³/mol. The molecule has 164 valence electrons. The first-order valence-corrected chi connectivity index (χ1v) is 11.5. The number of ether oxygens (including phenoxy) is 1.